The Morgan fingerprint density at radius 3 is 2.47 bits per heavy atom. The van der Waals surface area contributed by atoms with Crippen LogP contribution in [0.1, 0.15) is 23.0 Å². The minimum Gasteiger partial charge on any atom is -0.358 e. The van der Waals surface area contributed by atoms with Crippen molar-refractivity contribution >= 4 is 16.6 Å². The topological polar surface area (TPSA) is 36.4 Å². The number of quaternary nitrogens is 1. The molecule has 1 aliphatic heterocycles. The van der Waals surface area contributed by atoms with Crippen LogP contribution in [0.2, 0.25) is 0 Å². The zero-order valence-electron chi connectivity index (χ0n) is 17.1. The van der Waals surface area contributed by atoms with Crippen LogP contribution in [-0.2, 0) is 0 Å². The molecule has 2 aromatic heterocycles. The predicted octanol–water partition coefficient (Wildman–Crippen LogP) is 3.50. The van der Waals surface area contributed by atoms with Crippen molar-refractivity contribution in [3.8, 4) is 0 Å². The smallest absolute Gasteiger partial charge is 0.158 e. The van der Waals surface area contributed by atoms with Crippen LogP contribution >= 0.6 is 0 Å². The van der Waals surface area contributed by atoms with Gasteiger partial charge < -0.3 is 14.8 Å². The zero-order chi connectivity index (χ0) is 20.5. The van der Waals surface area contributed by atoms with Gasteiger partial charge >= 0.3 is 0 Å². The first-order valence-electron chi connectivity index (χ1n) is 10.5. The summed E-state index contributed by atoms with van der Waals surface area (Å²) in [5, 5.41) is 1.26. The van der Waals surface area contributed by atoms with Crippen molar-refractivity contribution in [2.45, 2.75) is 13.0 Å². The summed E-state index contributed by atoms with van der Waals surface area (Å²) in [4.78, 5) is 11.9. The maximum absolute atomic E-state index is 14.3. The van der Waals surface area contributed by atoms with E-state index in [4.69, 9.17) is 4.98 Å². The van der Waals surface area contributed by atoms with Gasteiger partial charge in [0, 0.05) is 28.4 Å². The summed E-state index contributed by atoms with van der Waals surface area (Å²) in [7, 11) is 0. The van der Waals surface area contributed by atoms with Gasteiger partial charge in [-0.1, -0.05) is 36.4 Å². The number of rotatable bonds is 4. The van der Waals surface area contributed by atoms with Crippen molar-refractivity contribution in [1.29, 1.82) is 0 Å². The number of aromatic amines is 1. The number of piperazine rings is 1. The molecule has 0 unspecified atom stereocenters. The van der Waals surface area contributed by atoms with E-state index >= 15 is 0 Å². The minimum atomic E-state index is -0.144. The lowest BCUT2D eigenvalue weighted by Gasteiger charge is -2.37. The lowest BCUT2D eigenvalue weighted by atomic mass is 9.97. The molecular formula is C25H26FN4+. The number of para-hydroxylation sites is 2. The van der Waals surface area contributed by atoms with Crippen molar-refractivity contribution in [2.75, 3.05) is 31.1 Å². The van der Waals surface area contributed by atoms with Crippen LogP contribution in [0.5, 0.6) is 0 Å². The van der Waals surface area contributed by atoms with Crippen LogP contribution in [0.15, 0.2) is 72.9 Å². The van der Waals surface area contributed by atoms with E-state index < -0.39 is 0 Å². The highest BCUT2D eigenvalue weighted by atomic mass is 19.1. The van der Waals surface area contributed by atoms with Crippen LogP contribution in [-0.4, -0.2) is 36.1 Å². The second-order valence-electron chi connectivity index (χ2n) is 7.99. The number of nitrogens with one attached hydrogen (secondary N) is 2. The first-order valence-corrected chi connectivity index (χ1v) is 10.5. The first-order chi connectivity index (χ1) is 14.7. The van der Waals surface area contributed by atoms with Crippen molar-refractivity contribution in [2.24, 2.45) is 0 Å². The molecule has 0 aliphatic carbocycles. The van der Waals surface area contributed by atoms with Crippen LogP contribution < -0.4 is 9.80 Å². The average molecular weight is 402 g/mol. The van der Waals surface area contributed by atoms with E-state index in [1.54, 1.807) is 12.1 Å². The number of benzene rings is 2. The maximum Gasteiger partial charge on any atom is 0.158 e. The Balaban J connectivity index is 1.50. The van der Waals surface area contributed by atoms with Gasteiger partial charge in [-0.25, -0.2) is 4.39 Å². The molecular weight excluding hydrogens is 375 g/mol. The molecule has 1 atom stereocenters. The fraction of sp³-hybridized carbons (Fsp3) is 0.240. The molecule has 3 heterocycles. The van der Waals surface area contributed by atoms with E-state index in [0.717, 1.165) is 37.4 Å². The number of nitrogens with zero attached hydrogens (tertiary/aromatic N) is 2. The molecule has 1 aliphatic rings. The lowest BCUT2D eigenvalue weighted by Crippen LogP contribution is -3.15. The fourth-order valence-electron chi connectivity index (χ4n) is 4.81. The van der Waals surface area contributed by atoms with Crippen molar-refractivity contribution in [3.63, 3.8) is 0 Å². The molecule has 1 saturated heterocycles. The summed E-state index contributed by atoms with van der Waals surface area (Å²) in [6.07, 6.45) is 1.88. The molecule has 152 valence electrons. The van der Waals surface area contributed by atoms with Gasteiger partial charge in [-0.2, -0.15) is 0 Å². The summed E-state index contributed by atoms with van der Waals surface area (Å²) < 4.78 is 14.3. The number of fused-ring (bicyclic) bond motifs is 1. The average Bonchev–Trinajstić information content (AvgIpc) is 3.11. The number of aryl methyl sites for hydroxylation is 1. The Hall–Kier alpha value is -3.18. The van der Waals surface area contributed by atoms with E-state index in [9.17, 15) is 4.39 Å². The van der Waals surface area contributed by atoms with Gasteiger partial charge in [0.25, 0.3) is 0 Å². The van der Waals surface area contributed by atoms with Crippen LogP contribution in [0, 0.1) is 12.7 Å². The molecule has 0 saturated carbocycles. The predicted molar refractivity (Wildman–Crippen MR) is 118 cm³/mol. The van der Waals surface area contributed by atoms with Gasteiger partial charge in [0.05, 0.1) is 31.9 Å². The van der Waals surface area contributed by atoms with Gasteiger partial charge in [0.15, 0.2) is 6.04 Å². The molecule has 5 rings (SSSR count). The molecule has 30 heavy (non-hydrogen) atoms. The van der Waals surface area contributed by atoms with Crippen LogP contribution in [0.3, 0.4) is 0 Å². The second-order valence-corrected chi connectivity index (χ2v) is 7.99. The monoisotopic (exact) mass is 401 g/mol. The number of halogens is 1. The number of anilines is 1. The summed E-state index contributed by atoms with van der Waals surface area (Å²) >= 11 is 0. The van der Waals surface area contributed by atoms with Crippen LogP contribution in [0.25, 0.3) is 10.9 Å². The highest BCUT2D eigenvalue weighted by molar-refractivity contribution is 5.85. The van der Waals surface area contributed by atoms with Gasteiger partial charge in [0.1, 0.15) is 11.5 Å². The quantitative estimate of drug-likeness (QED) is 0.549. The minimum absolute atomic E-state index is 0.144. The number of pyridine rings is 1. The first kappa shape index (κ1) is 18.8. The molecule has 5 heteroatoms. The normalized spacial score (nSPS) is 16.1. The second kappa shape index (κ2) is 7.92. The number of H-pyrrole nitrogens is 1. The lowest BCUT2D eigenvalue weighted by molar-refractivity contribution is -0.926. The molecule has 2 N–H and O–H groups in total. The standard InChI is InChI=1S/C25H25FN4/c1-18-24(19-8-2-4-10-21(19)28-18)25(22-11-6-7-13-27-22)30-16-14-29(15-17-30)23-12-5-3-9-20(23)26/h2-13,25,28H,14-17H2,1H3/p+1/t25-/m1/s1. The fourth-order valence-corrected chi connectivity index (χ4v) is 4.81. The largest absolute Gasteiger partial charge is 0.358 e. The molecule has 4 aromatic rings. The number of hydrogen-bond acceptors (Lipinski definition) is 2. The van der Waals surface area contributed by atoms with Crippen molar-refractivity contribution in [1.82, 2.24) is 9.97 Å². The van der Waals surface area contributed by atoms with E-state index in [1.165, 1.54) is 21.5 Å². The van der Waals surface area contributed by atoms with E-state index in [-0.39, 0.29) is 11.9 Å². The molecule has 2 aromatic carbocycles. The van der Waals surface area contributed by atoms with E-state index in [1.807, 2.05) is 24.4 Å². The van der Waals surface area contributed by atoms with Crippen molar-refractivity contribution < 1.29 is 9.29 Å². The third kappa shape index (κ3) is 3.35. The maximum atomic E-state index is 14.3. The Kier molecular flexibility index (Phi) is 4.97. The summed E-state index contributed by atoms with van der Waals surface area (Å²) in [6.45, 7) is 5.64. The Morgan fingerprint density at radius 1 is 0.967 bits per heavy atom. The molecule has 1 fully saturated rings. The number of hydrogen-bond donors (Lipinski definition) is 2. The van der Waals surface area contributed by atoms with Gasteiger partial charge in [-0.05, 0) is 37.3 Å². The highest BCUT2D eigenvalue weighted by Gasteiger charge is 2.34. The Bertz CT molecular complexity index is 1150. The molecule has 0 spiro atoms. The van der Waals surface area contributed by atoms with Gasteiger partial charge in [0.2, 0.25) is 0 Å². The van der Waals surface area contributed by atoms with E-state index in [2.05, 4.69) is 53.2 Å². The Morgan fingerprint density at radius 2 is 1.70 bits per heavy atom. The highest BCUT2D eigenvalue weighted by Crippen LogP contribution is 2.30. The third-order valence-corrected chi connectivity index (χ3v) is 6.22. The van der Waals surface area contributed by atoms with Crippen molar-refractivity contribution in [3.05, 3.63) is 95.7 Å². The molecule has 0 bridgehead atoms. The SMILES string of the molecule is Cc1[nH]c2ccccc2c1[C@@H](c1ccccn1)[NH+]1CCN(c2ccccc2F)CC1. The number of aromatic nitrogens is 2. The molecule has 4 nitrogen and oxygen atoms in total. The van der Waals surface area contributed by atoms with Crippen LogP contribution in [0.4, 0.5) is 10.1 Å². The van der Waals surface area contributed by atoms with Gasteiger partial charge in [-0.3, -0.25) is 4.98 Å². The van der Waals surface area contributed by atoms with E-state index in [0.29, 0.717) is 5.69 Å². The van der Waals surface area contributed by atoms with Gasteiger partial charge in [-0.15, -0.1) is 0 Å². The third-order valence-electron chi connectivity index (χ3n) is 6.22. The molecule has 0 radical (unpaired) electrons. The molecule has 0 amide bonds. The summed E-state index contributed by atoms with van der Waals surface area (Å²) in [5.41, 5.74) is 5.46. The Labute approximate surface area is 176 Å². The summed E-state index contributed by atoms with van der Waals surface area (Å²) in [5.74, 6) is -0.144. The zero-order valence-corrected chi connectivity index (χ0v) is 17.1. The summed E-state index contributed by atoms with van der Waals surface area (Å²) in [6, 6.07) is 21.9.